The molecule has 6 nitrogen and oxygen atoms in total. The van der Waals surface area contributed by atoms with Crippen molar-refractivity contribution < 1.29 is 24.2 Å². The van der Waals surface area contributed by atoms with Crippen LogP contribution in [0.1, 0.15) is 17.4 Å². The Hall–Kier alpha value is -1.80. The molecule has 2 heterocycles. The smallest absolute Gasteiger partial charge is 0.184 e. The van der Waals surface area contributed by atoms with Crippen molar-refractivity contribution in [3.05, 3.63) is 71.8 Å². The van der Waals surface area contributed by atoms with E-state index in [1.165, 1.54) is 0 Å². The molecule has 4 rings (SSSR count). The molecule has 2 N–H and O–H groups in total. The fraction of sp³-hybridized carbons (Fsp3) is 0.400. The van der Waals surface area contributed by atoms with Gasteiger partial charge in [-0.2, -0.15) is 5.48 Å². The van der Waals surface area contributed by atoms with E-state index >= 15 is 0 Å². The molecule has 2 aromatic rings. The topological polar surface area (TPSA) is 69.2 Å². The maximum atomic E-state index is 10.4. The molecule has 26 heavy (non-hydrogen) atoms. The first kappa shape index (κ1) is 17.6. The lowest BCUT2D eigenvalue weighted by molar-refractivity contribution is -0.304. The minimum absolute atomic E-state index is 0.219. The first-order valence-electron chi connectivity index (χ1n) is 8.84. The summed E-state index contributed by atoms with van der Waals surface area (Å²) in [6, 6.07) is 19.2. The van der Waals surface area contributed by atoms with E-state index in [1.54, 1.807) is 0 Å². The Bertz CT molecular complexity index is 683. The van der Waals surface area contributed by atoms with Crippen molar-refractivity contribution in [2.75, 3.05) is 13.2 Å². The molecular formula is C20H23NO5. The fourth-order valence-corrected chi connectivity index (χ4v) is 3.28. The lowest BCUT2D eigenvalue weighted by Crippen LogP contribution is -2.63. The molecule has 0 radical (unpaired) electrons. The molecule has 0 saturated carbocycles. The minimum Gasteiger partial charge on any atom is -0.389 e. The van der Waals surface area contributed by atoms with Gasteiger partial charge >= 0.3 is 0 Å². The standard InChI is InChI=1S/C20H23NO5/c22-16-12-23-17-13-24-20(15-9-5-2-6-10-15)26-19(17)18(16)21-25-11-14-7-3-1-4-8-14/h1-10,16-22H,11-13H2/t16-,17-,18+,19+,20+/m1/s1. The van der Waals surface area contributed by atoms with E-state index in [0.29, 0.717) is 13.2 Å². The largest absolute Gasteiger partial charge is 0.389 e. The molecule has 5 atom stereocenters. The molecular weight excluding hydrogens is 334 g/mol. The van der Waals surface area contributed by atoms with E-state index in [0.717, 1.165) is 11.1 Å². The lowest BCUT2D eigenvalue weighted by Gasteiger charge is -2.45. The van der Waals surface area contributed by atoms with Gasteiger partial charge in [0.15, 0.2) is 6.29 Å². The van der Waals surface area contributed by atoms with E-state index in [2.05, 4.69) is 5.48 Å². The number of fused-ring (bicyclic) bond motifs is 1. The molecule has 0 amide bonds. The van der Waals surface area contributed by atoms with Gasteiger partial charge in [0.2, 0.25) is 0 Å². The third kappa shape index (κ3) is 3.96. The van der Waals surface area contributed by atoms with Crippen molar-refractivity contribution in [2.45, 2.75) is 37.3 Å². The predicted molar refractivity (Wildman–Crippen MR) is 93.9 cm³/mol. The van der Waals surface area contributed by atoms with Crippen LogP contribution in [0.25, 0.3) is 0 Å². The zero-order valence-corrected chi connectivity index (χ0v) is 14.4. The summed E-state index contributed by atoms with van der Waals surface area (Å²) in [5, 5.41) is 10.4. The van der Waals surface area contributed by atoms with Crippen LogP contribution >= 0.6 is 0 Å². The molecule has 0 bridgehead atoms. The van der Waals surface area contributed by atoms with Crippen LogP contribution in [0.2, 0.25) is 0 Å². The third-order valence-electron chi connectivity index (χ3n) is 4.68. The van der Waals surface area contributed by atoms with Gasteiger partial charge in [-0.15, -0.1) is 0 Å². The predicted octanol–water partition coefficient (Wildman–Crippen LogP) is 1.95. The Morgan fingerprint density at radius 3 is 2.46 bits per heavy atom. The summed E-state index contributed by atoms with van der Waals surface area (Å²) < 4.78 is 17.6. The SMILES string of the molecule is O[C@@H]1CO[C@@H]2CO[C@H](c3ccccc3)O[C@@H]2[C@H]1NOCc1ccccc1. The fourth-order valence-electron chi connectivity index (χ4n) is 3.28. The molecule has 6 heteroatoms. The number of rotatable bonds is 5. The number of hydrogen-bond donors (Lipinski definition) is 2. The summed E-state index contributed by atoms with van der Waals surface area (Å²) >= 11 is 0. The number of hydroxylamine groups is 1. The molecule has 0 unspecified atom stereocenters. The van der Waals surface area contributed by atoms with Gasteiger partial charge in [0.25, 0.3) is 0 Å². The lowest BCUT2D eigenvalue weighted by atomic mass is 9.97. The Balaban J connectivity index is 1.41. The van der Waals surface area contributed by atoms with Gasteiger partial charge in [0.05, 0.1) is 32.0 Å². The van der Waals surface area contributed by atoms with Crippen LogP contribution in [-0.2, 0) is 25.7 Å². The second kappa shape index (κ2) is 8.26. The van der Waals surface area contributed by atoms with Crippen LogP contribution in [-0.4, -0.2) is 42.7 Å². The second-order valence-corrected chi connectivity index (χ2v) is 6.53. The van der Waals surface area contributed by atoms with Crippen LogP contribution in [0, 0.1) is 0 Å². The summed E-state index contributed by atoms with van der Waals surface area (Å²) in [6.45, 7) is 1.03. The summed E-state index contributed by atoms with van der Waals surface area (Å²) in [4.78, 5) is 5.63. The van der Waals surface area contributed by atoms with Crippen LogP contribution in [0.15, 0.2) is 60.7 Å². The molecule has 0 aliphatic carbocycles. The maximum absolute atomic E-state index is 10.4. The number of benzene rings is 2. The van der Waals surface area contributed by atoms with Crippen LogP contribution in [0.4, 0.5) is 0 Å². The molecule has 2 saturated heterocycles. The van der Waals surface area contributed by atoms with Gasteiger partial charge in [-0.05, 0) is 5.56 Å². The summed E-state index contributed by atoms with van der Waals surface area (Å²) in [5.74, 6) is 0. The van der Waals surface area contributed by atoms with E-state index in [-0.39, 0.29) is 18.8 Å². The van der Waals surface area contributed by atoms with Crippen molar-refractivity contribution in [2.24, 2.45) is 0 Å². The third-order valence-corrected chi connectivity index (χ3v) is 4.68. The Morgan fingerprint density at radius 2 is 1.69 bits per heavy atom. The number of nitrogens with one attached hydrogen (secondary N) is 1. The van der Waals surface area contributed by atoms with Crippen LogP contribution in [0.5, 0.6) is 0 Å². The van der Waals surface area contributed by atoms with Gasteiger partial charge in [-0.3, -0.25) is 4.84 Å². The Labute approximate surface area is 152 Å². The average molecular weight is 357 g/mol. The molecule has 2 aromatic carbocycles. The summed E-state index contributed by atoms with van der Waals surface area (Å²) in [5.41, 5.74) is 4.97. The van der Waals surface area contributed by atoms with Gasteiger partial charge in [0, 0.05) is 5.56 Å². The molecule has 2 fully saturated rings. The second-order valence-electron chi connectivity index (χ2n) is 6.53. The van der Waals surface area contributed by atoms with Gasteiger partial charge in [-0.25, -0.2) is 0 Å². The van der Waals surface area contributed by atoms with Crippen LogP contribution < -0.4 is 5.48 Å². The minimum atomic E-state index is -0.721. The highest BCUT2D eigenvalue weighted by Gasteiger charge is 2.45. The van der Waals surface area contributed by atoms with E-state index < -0.39 is 18.4 Å². The first-order valence-corrected chi connectivity index (χ1v) is 8.84. The van der Waals surface area contributed by atoms with Gasteiger partial charge < -0.3 is 19.3 Å². The zero-order valence-electron chi connectivity index (χ0n) is 14.4. The normalized spacial score (nSPS) is 31.3. The van der Waals surface area contributed by atoms with Gasteiger partial charge in [-0.1, -0.05) is 60.7 Å². The molecule has 138 valence electrons. The van der Waals surface area contributed by atoms with Gasteiger partial charge in [0.1, 0.15) is 12.2 Å². The molecule has 2 aliphatic heterocycles. The monoisotopic (exact) mass is 357 g/mol. The maximum Gasteiger partial charge on any atom is 0.184 e. The molecule has 0 aromatic heterocycles. The Morgan fingerprint density at radius 1 is 0.962 bits per heavy atom. The van der Waals surface area contributed by atoms with Crippen molar-refractivity contribution in [3.8, 4) is 0 Å². The van der Waals surface area contributed by atoms with Crippen molar-refractivity contribution in [1.29, 1.82) is 0 Å². The van der Waals surface area contributed by atoms with Crippen molar-refractivity contribution in [1.82, 2.24) is 5.48 Å². The zero-order chi connectivity index (χ0) is 17.8. The highest BCUT2D eigenvalue weighted by molar-refractivity contribution is 5.17. The highest BCUT2D eigenvalue weighted by Crippen LogP contribution is 2.32. The number of aliphatic hydroxyl groups is 1. The van der Waals surface area contributed by atoms with E-state index in [9.17, 15) is 5.11 Å². The van der Waals surface area contributed by atoms with Crippen molar-refractivity contribution >= 4 is 0 Å². The number of hydrogen-bond acceptors (Lipinski definition) is 6. The molecule has 0 spiro atoms. The van der Waals surface area contributed by atoms with E-state index in [4.69, 9.17) is 19.0 Å². The Kier molecular flexibility index (Phi) is 5.59. The average Bonchev–Trinajstić information content (AvgIpc) is 2.71. The molecule has 2 aliphatic rings. The van der Waals surface area contributed by atoms with Crippen LogP contribution in [0.3, 0.4) is 0 Å². The summed E-state index contributed by atoms with van der Waals surface area (Å²) in [7, 11) is 0. The van der Waals surface area contributed by atoms with E-state index in [1.807, 2.05) is 60.7 Å². The quantitative estimate of drug-likeness (QED) is 0.798. The number of aliphatic hydroxyl groups excluding tert-OH is 1. The highest BCUT2D eigenvalue weighted by atomic mass is 16.7. The summed E-state index contributed by atoms with van der Waals surface area (Å²) in [6.07, 6.45) is -1.81. The number of ether oxygens (including phenoxy) is 3. The first-order chi connectivity index (χ1) is 12.8. The van der Waals surface area contributed by atoms with Crippen molar-refractivity contribution in [3.63, 3.8) is 0 Å².